The summed E-state index contributed by atoms with van der Waals surface area (Å²) in [7, 11) is 1.53. The molecule has 0 spiro atoms. The fourth-order valence-corrected chi connectivity index (χ4v) is 5.63. The normalized spacial score (nSPS) is 16.8. The average molecular weight is 503 g/mol. The Bertz CT molecular complexity index is 1560. The predicted molar refractivity (Wildman–Crippen MR) is 136 cm³/mol. The zero-order chi connectivity index (χ0) is 24.8. The number of hydrogen-bond donors (Lipinski definition) is 3. The molecule has 2 aliphatic rings. The standard InChI is InChI=1S/C25H22N6O4S/c1-26-25(34)35-13-6-9-31(10-7-13)24-28-16-5-3-2-4-14(16)20(29-24)19-18(22(32)30-23(19)33)15-12-27-17-8-11-36-21(15)17/h2-5,8,11-13,27H,6-7,9-10H2,1H3,(H,26,34)(H,30,32,33). The monoisotopic (exact) mass is 502 g/mol. The van der Waals surface area contributed by atoms with Crippen molar-refractivity contribution in [2.45, 2.75) is 18.9 Å². The molecule has 36 heavy (non-hydrogen) atoms. The van der Waals surface area contributed by atoms with Crippen LogP contribution in [-0.2, 0) is 14.3 Å². The lowest BCUT2D eigenvalue weighted by atomic mass is 9.99. The number of benzene rings is 1. The molecule has 10 nitrogen and oxygen atoms in total. The summed E-state index contributed by atoms with van der Waals surface area (Å²) in [5.74, 6) is -0.453. The van der Waals surface area contributed by atoms with Crippen molar-refractivity contribution in [3.8, 4) is 0 Å². The van der Waals surface area contributed by atoms with Gasteiger partial charge in [-0.1, -0.05) is 18.2 Å². The lowest BCUT2D eigenvalue weighted by Gasteiger charge is -2.31. The Labute approximate surface area is 209 Å². The molecule has 5 heterocycles. The third-order valence-corrected chi connectivity index (χ3v) is 7.46. The molecule has 4 aromatic rings. The number of alkyl carbamates (subject to hydrolysis) is 1. The number of rotatable bonds is 4. The number of carbonyl (C=O) groups excluding carboxylic acids is 3. The highest BCUT2D eigenvalue weighted by molar-refractivity contribution is 7.17. The number of aromatic amines is 1. The van der Waals surface area contributed by atoms with Gasteiger partial charge in [0.05, 0.1) is 32.6 Å². The van der Waals surface area contributed by atoms with E-state index < -0.39 is 17.9 Å². The largest absolute Gasteiger partial charge is 0.446 e. The summed E-state index contributed by atoms with van der Waals surface area (Å²) in [5, 5.41) is 7.57. The molecule has 0 radical (unpaired) electrons. The van der Waals surface area contributed by atoms with E-state index in [4.69, 9.17) is 14.7 Å². The molecule has 6 rings (SSSR count). The fraction of sp³-hybridized carbons (Fsp3) is 0.240. The number of para-hydroxylation sites is 1. The van der Waals surface area contributed by atoms with Crippen LogP contribution in [0, 0.1) is 0 Å². The highest BCUT2D eigenvalue weighted by atomic mass is 32.1. The van der Waals surface area contributed by atoms with Gasteiger partial charge in [-0.3, -0.25) is 14.9 Å². The molecule has 0 atom stereocenters. The number of H-pyrrole nitrogens is 1. The summed E-state index contributed by atoms with van der Waals surface area (Å²) >= 11 is 1.51. The molecule has 1 aromatic carbocycles. The van der Waals surface area contributed by atoms with Crippen molar-refractivity contribution in [3.63, 3.8) is 0 Å². The number of piperidine rings is 1. The number of aromatic nitrogens is 3. The minimum absolute atomic E-state index is 0.185. The highest BCUT2D eigenvalue weighted by Crippen LogP contribution is 2.38. The SMILES string of the molecule is CNC(=O)OC1CCN(c2nc(C3=C(c4c[nH]c5ccsc45)C(=O)NC3=O)c3ccccc3n2)CC1. The van der Waals surface area contributed by atoms with E-state index >= 15 is 0 Å². The van der Waals surface area contributed by atoms with E-state index in [1.165, 1.54) is 18.4 Å². The van der Waals surface area contributed by atoms with Gasteiger partial charge in [0.25, 0.3) is 11.8 Å². The van der Waals surface area contributed by atoms with Crippen LogP contribution in [0.3, 0.4) is 0 Å². The van der Waals surface area contributed by atoms with Crippen molar-refractivity contribution >= 4 is 67.5 Å². The van der Waals surface area contributed by atoms with Crippen LogP contribution < -0.4 is 15.5 Å². The molecule has 3 amide bonds. The molecule has 0 bridgehead atoms. The third kappa shape index (κ3) is 3.68. The molecule has 0 unspecified atom stereocenters. The first-order valence-corrected chi connectivity index (χ1v) is 12.5. The number of nitrogens with zero attached hydrogens (tertiary/aromatic N) is 3. The summed E-state index contributed by atoms with van der Waals surface area (Å²) in [5.41, 5.74) is 3.23. The predicted octanol–water partition coefficient (Wildman–Crippen LogP) is 3.06. The maximum absolute atomic E-state index is 13.1. The number of thiophene rings is 1. The Kier molecular flexibility index (Phi) is 5.41. The van der Waals surface area contributed by atoms with Crippen molar-refractivity contribution < 1.29 is 19.1 Å². The molecule has 2 aliphatic heterocycles. The molecule has 11 heteroatoms. The van der Waals surface area contributed by atoms with Crippen LogP contribution in [0.5, 0.6) is 0 Å². The van der Waals surface area contributed by atoms with Gasteiger partial charge < -0.3 is 19.9 Å². The maximum atomic E-state index is 13.1. The molecule has 1 fully saturated rings. The topological polar surface area (TPSA) is 129 Å². The molecule has 3 aromatic heterocycles. The Balaban J connectivity index is 1.45. The van der Waals surface area contributed by atoms with Gasteiger partial charge >= 0.3 is 6.09 Å². The number of ether oxygens (including phenoxy) is 1. The second-order valence-corrected chi connectivity index (χ2v) is 9.55. The minimum Gasteiger partial charge on any atom is -0.446 e. The van der Waals surface area contributed by atoms with Crippen LogP contribution in [0.25, 0.3) is 32.3 Å². The van der Waals surface area contributed by atoms with E-state index in [9.17, 15) is 14.4 Å². The van der Waals surface area contributed by atoms with Crippen LogP contribution in [0.2, 0.25) is 0 Å². The Morgan fingerprint density at radius 3 is 2.69 bits per heavy atom. The summed E-state index contributed by atoms with van der Waals surface area (Å²) in [6, 6.07) is 9.40. The summed E-state index contributed by atoms with van der Waals surface area (Å²) in [6.45, 7) is 1.17. The quantitative estimate of drug-likeness (QED) is 0.366. The van der Waals surface area contributed by atoms with Gasteiger partial charge in [-0.25, -0.2) is 14.8 Å². The van der Waals surface area contributed by atoms with Crippen molar-refractivity contribution in [3.05, 3.63) is 53.2 Å². The molecule has 1 saturated heterocycles. The number of amides is 3. The average Bonchev–Trinajstić information content (AvgIpc) is 3.58. The molecular formula is C25H22N6O4S. The Morgan fingerprint density at radius 1 is 1.11 bits per heavy atom. The van der Waals surface area contributed by atoms with E-state index in [1.54, 1.807) is 6.20 Å². The van der Waals surface area contributed by atoms with E-state index in [-0.39, 0.29) is 11.7 Å². The number of carbonyl (C=O) groups is 3. The van der Waals surface area contributed by atoms with Gasteiger partial charge in [-0.05, 0) is 17.5 Å². The Hall–Kier alpha value is -4.25. The second-order valence-electron chi connectivity index (χ2n) is 8.63. The molecular weight excluding hydrogens is 480 g/mol. The number of anilines is 1. The lowest BCUT2D eigenvalue weighted by molar-refractivity contribution is -0.122. The highest BCUT2D eigenvalue weighted by Gasteiger charge is 2.36. The molecule has 0 aliphatic carbocycles. The Morgan fingerprint density at radius 2 is 1.89 bits per heavy atom. The first kappa shape index (κ1) is 22.2. The van der Waals surface area contributed by atoms with Crippen LogP contribution in [0.1, 0.15) is 24.1 Å². The van der Waals surface area contributed by atoms with Gasteiger partial charge in [0.15, 0.2) is 0 Å². The van der Waals surface area contributed by atoms with Gasteiger partial charge in [-0.15, -0.1) is 11.3 Å². The number of fused-ring (bicyclic) bond motifs is 2. The molecule has 3 N–H and O–H groups in total. The number of nitrogens with one attached hydrogen (secondary N) is 3. The third-order valence-electron chi connectivity index (χ3n) is 6.51. The van der Waals surface area contributed by atoms with Gasteiger partial charge in [-0.2, -0.15) is 0 Å². The smallest absolute Gasteiger partial charge is 0.407 e. The van der Waals surface area contributed by atoms with Gasteiger partial charge in [0.2, 0.25) is 5.95 Å². The summed E-state index contributed by atoms with van der Waals surface area (Å²) < 4.78 is 6.30. The van der Waals surface area contributed by atoms with Gasteiger partial charge in [0, 0.05) is 50.1 Å². The zero-order valence-electron chi connectivity index (χ0n) is 19.3. The molecule has 182 valence electrons. The first-order valence-electron chi connectivity index (χ1n) is 11.6. The molecule has 0 saturated carbocycles. The van der Waals surface area contributed by atoms with Crippen LogP contribution in [0.4, 0.5) is 10.7 Å². The van der Waals surface area contributed by atoms with Crippen molar-refractivity contribution in [1.82, 2.24) is 25.6 Å². The van der Waals surface area contributed by atoms with E-state index in [2.05, 4.69) is 15.6 Å². The van der Waals surface area contributed by atoms with E-state index in [0.29, 0.717) is 59.6 Å². The van der Waals surface area contributed by atoms with Crippen molar-refractivity contribution in [2.75, 3.05) is 25.0 Å². The van der Waals surface area contributed by atoms with Crippen LogP contribution in [0.15, 0.2) is 41.9 Å². The zero-order valence-corrected chi connectivity index (χ0v) is 20.1. The first-order chi connectivity index (χ1) is 17.5. The number of imide groups is 1. The van der Waals surface area contributed by atoms with Crippen LogP contribution in [-0.4, -0.2) is 59.1 Å². The maximum Gasteiger partial charge on any atom is 0.407 e. The van der Waals surface area contributed by atoms with Gasteiger partial charge in [0.1, 0.15) is 6.10 Å². The number of hydrogen-bond acceptors (Lipinski definition) is 8. The van der Waals surface area contributed by atoms with E-state index in [0.717, 1.165) is 10.2 Å². The fourth-order valence-electron chi connectivity index (χ4n) is 4.75. The second kappa shape index (κ2) is 8.76. The summed E-state index contributed by atoms with van der Waals surface area (Å²) in [6.07, 6.45) is 2.39. The lowest BCUT2D eigenvalue weighted by Crippen LogP contribution is -2.40. The van der Waals surface area contributed by atoms with E-state index in [1.807, 2.05) is 40.6 Å². The van der Waals surface area contributed by atoms with Crippen molar-refractivity contribution in [1.29, 1.82) is 0 Å². The van der Waals surface area contributed by atoms with Crippen LogP contribution >= 0.6 is 11.3 Å². The summed E-state index contributed by atoms with van der Waals surface area (Å²) in [4.78, 5) is 52.5. The van der Waals surface area contributed by atoms with Crippen molar-refractivity contribution in [2.24, 2.45) is 0 Å². The minimum atomic E-state index is -0.478.